The van der Waals surface area contributed by atoms with Crippen LogP contribution < -0.4 is 5.32 Å². The third-order valence-electron chi connectivity index (χ3n) is 5.46. The Labute approximate surface area is 175 Å². The summed E-state index contributed by atoms with van der Waals surface area (Å²) >= 11 is 0. The Morgan fingerprint density at radius 1 is 1.37 bits per heavy atom. The Kier molecular flexibility index (Phi) is 6.25. The minimum Gasteiger partial charge on any atom is -0.439 e. The maximum absolute atomic E-state index is 11.9. The number of aryl methyl sites for hydroxylation is 1. The molecule has 1 aliphatic rings. The van der Waals surface area contributed by atoms with Gasteiger partial charge in [0.2, 0.25) is 11.8 Å². The first-order valence-corrected chi connectivity index (χ1v) is 10.2. The van der Waals surface area contributed by atoms with E-state index in [-0.39, 0.29) is 18.4 Å². The first-order chi connectivity index (χ1) is 14.6. The number of aromatic nitrogens is 3. The summed E-state index contributed by atoms with van der Waals surface area (Å²) in [6.07, 6.45) is 5.55. The number of carbonyl (C=O) groups excluding carboxylic acids is 1. The second-order valence-electron chi connectivity index (χ2n) is 7.69. The van der Waals surface area contributed by atoms with E-state index in [4.69, 9.17) is 9.15 Å². The fourth-order valence-electron chi connectivity index (χ4n) is 4.01. The number of nitrogens with one attached hydrogen (secondary N) is 2. The maximum atomic E-state index is 11.9. The average molecular weight is 409 g/mol. The SMILES string of the molecule is COCC(=O)Nc1cn[nH]c1[C@@H]1CCCN(Cc2ncc(-c3ccccc3C)o2)C1. The lowest BCUT2D eigenvalue weighted by Crippen LogP contribution is -2.34. The number of nitrogens with zero attached hydrogens (tertiary/aromatic N) is 3. The molecule has 3 heterocycles. The van der Waals surface area contributed by atoms with E-state index in [1.54, 1.807) is 12.4 Å². The molecule has 158 valence electrons. The van der Waals surface area contributed by atoms with E-state index in [9.17, 15) is 4.79 Å². The molecule has 3 aromatic rings. The van der Waals surface area contributed by atoms with Crippen LogP contribution >= 0.6 is 0 Å². The summed E-state index contributed by atoms with van der Waals surface area (Å²) in [6.45, 7) is 4.58. The minimum atomic E-state index is -0.184. The van der Waals surface area contributed by atoms with Gasteiger partial charge in [-0.2, -0.15) is 5.10 Å². The van der Waals surface area contributed by atoms with Gasteiger partial charge in [-0.25, -0.2) is 4.98 Å². The molecule has 0 radical (unpaired) electrons. The fourth-order valence-corrected chi connectivity index (χ4v) is 4.01. The predicted octanol–water partition coefficient (Wildman–Crippen LogP) is 3.34. The molecule has 0 spiro atoms. The number of rotatable bonds is 7. The second kappa shape index (κ2) is 9.23. The maximum Gasteiger partial charge on any atom is 0.250 e. The number of methoxy groups -OCH3 is 1. The Morgan fingerprint density at radius 3 is 3.07 bits per heavy atom. The molecule has 0 unspecified atom stereocenters. The fraction of sp³-hybridized carbons (Fsp3) is 0.409. The molecule has 0 bridgehead atoms. The van der Waals surface area contributed by atoms with Crippen LogP contribution in [0.25, 0.3) is 11.3 Å². The zero-order valence-corrected chi connectivity index (χ0v) is 17.4. The zero-order valence-electron chi connectivity index (χ0n) is 17.4. The number of benzene rings is 1. The van der Waals surface area contributed by atoms with Crippen LogP contribution in [0.1, 0.15) is 35.9 Å². The summed E-state index contributed by atoms with van der Waals surface area (Å²) in [4.78, 5) is 18.7. The van der Waals surface area contributed by atoms with E-state index in [2.05, 4.69) is 38.4 Å². The van der Waals surface area contributed by atoms with Crippen molar-refractivity contribution in [2.75, 3.05) is 32.1 Å². The lowest BCUT2D eigenvalue weighted by Gasteiger charge is -2.31. The van der Waals surface area contributed by atoms with Gasteiger partial charge in [-0.3, -0.25) is 14.8 Å². The topological polar surface area (TPSA) is 96.3 Å². The van der Waals surface area contributed by atoms with Crippen LogP contribution in [0, 0.1) is 6.92 Å². The highest BCUT2D eigenvalue weighted by atomic mass is 16.5. The van der Waals surface area contributed by atoms with Crippen molar-refractivity contribution >= 4 is 11.6 Å². The van der Waals surface area contributed by atoms with Crippen LogP contribution in [-0.2, 0) is 16.1 Å². The van der Waals surface area contributed by atoms with Crippen molar-refractivity contribution in [3.63, 3.8) is 0 Å². The average Bonchev–Trinajstić information content (AvgIpc) is 3.38. The summed E-state index contributed by atoms with van der Waals surface area (Å²) in [5, 5.41) is 10.1. The van der Waals surface area contributed by atoms with Crippen LogP contribution in [0.2, 0.25) is 0 Å². The molecular weight excluding hydrogens is 382 g/mol. The van der Waals surface area contributed by atoms with Gasteiger partial charge >= 0.3 is 0 Å². The molecule has 1 saturated heterocycles. The van der Waals surface area contributed by atoms with E-state index in [1.165, 1.54) is 12.7 Å². The quantitative estimate of drug-likeness (QED) is 0.621. The Morgan fingerprint density at radius 2 is 2.23 bits per heavy atom. The highest BCUT2D eigenvalue weighted by Crippen LogP contribution is 2.31. The van der Waals surface area contributed by atoms with E-state index >= 15 is 0 Å². The molecule has 1 amide bonds. The monoisotopic (exact) mass is 409 g/mol. The first-order valence-electron chi connectivity index (χ1n) is 10.2. The number of oxazole rings is 1. The molecule has 1 fully saturated rings. The highest BCUT2D eigenvalue weighted by molar-refractivity contribution is 5.92. The third-order valence-corrected chi connectivity index (χ3v) is 5.46. The number of aromatic amines is 1. The lowest BCUT2D eigenvalue weighted by atomic mass is 9.94. The molecular formula is C22H27N5O3. The number of hydrogen-bond donors (Lipinski definition) is 2. The van der Waals surface area contributed by atoms with E-state index < -0.39 is 0 Å². The van der Waals surface area contributed by atoms with Crippen molar-refractivity contribution < 1.29 is 13.9 Å². The van der Waals surface area contributed by atoms with E-state index in [0.29, 0.717) is 12.4 Å². The number of amides is 1. The summed E-state index contributed by atoms with van der Waals surface area (Å²) in [7, 11) is 1.50. The molecule has 4 rings (SSSR count). The van der Waals surface area contributed by atoms with E-state index in [1.807, 2.05) is 18.2 Å². The van der Waals surface area contributed by atoms with Crippen molar-refractivity contribution in [3.8, 4) is 11.3 Å². The Bertz CT molecular complexity index is 996. The van der Waals surface area contributed by atoms with Gasteiger partial charge in [0.05, 0.1) is 30.3 Å². The summed E-state index contributed by atoms with van der Waals surface area (Å²) < 4.78 is 10.9. The molecule has 30 heavy (non-hydrogen) atoms. The van der Waals surface area contributed by atoms with Crippen molar-refractivity contribution in [1.29, 1.82) is 0 Å². The first kappa shape index (κ1) is 20.3. The van der Waals surface area contributed by atoms with Crippen molar-refractivity contribution in [2.45, 2.75) is 32.2 Å². The van der Waals surface area contributed by atoms with Crippen LogP contribution in [0.15, 0.2) is 41.1 Å². The van der Waals surface area contributed by atoms with Gasteiger partial charge in [0.15, 0.2) is 5.76 Å². The minimum absolute atomic E-state index is 0.0226. The molecule has 2 aromatic heterocycles. The number of hydrogen-bond acceptors (Lipinski definition) is 6. The number of piperidine rings is 1. The summed E-state index contributed by atoms with van der Waals surface area (Å²) in [5.74, 6) is 1.58. The van der Waals surface area contributed by atoms with Crippen molar-refractivity contribution in [3.05, 3.63) is 53.8 Å². The molecule has 0 aliphatic carbocycles. The normalized spacial score (nSPS) is 17.2. The van der Waals surface area contributed by atoms with Crippen LogP contribution in [0.3, 0.4) is 0 Å². The molecule has 2 N–H and O–H groups in total. The Hall–Kier alpha value is -2.97. The molecule has 1 aliphatic heterocycles. The van der Waals surface area contributed by atoms with Gasteiger partial charge in [-0.1, -0.05) is 24.3 Å². The number of ether oxygens (including phenoxy) is 1. The summed E-state index contributed by atoms with van der Waals surface area (Å²) in [5.41, 5.74) is 3.92. The van der Waals surface area contributed by atoms with Crippen LogP contribution in [-0.4, -0.2) is 52.8 Å². The van der Waals surface area contributed by atoms with Gasteiger partial charge < -0.3 is 14.5 Å². The largest absolute Gasteiger partial charge is 0.439 e. The number of likely N-dealkylation sites (tertiary alicyclic amines) is 1. The smallest absolute Gasteiger partial charge is 0.250 e. The van der Waals surface area contributed by atoms with Gasteiger partial charge in [-0.15, -0.1) is 0 Å². The van der Waals surface area contributed by atoms with Gasteiger partial charge in [0, 0.05) is 25.1 Å². The zero-order chi connectivity index (χ0) is 20.9. The van der Waals surface area contributed by atoms with Crippen molar-refractivity contribution in [1.82, 2.24) is 20.1 Å². The van der Waals surface area contributed by atoms with Crippen LogP contribution in [0.5, 0.6) is 0 Å². The van der Waals surface area contributed by atoms with Crippen LogP contribution in [0.4, 0.5) is 5.69 Å². The molecule has 1 aromatic carbocycles. The molecule has 1 atom stereocenters. The second-order valence-corrected chi connectivity index (χ2v) is 7.69. The molecule has 0 saturated carbocycles. The van der Waals surface area contributed by atoms with E-state index in [0.717, 1.165) is 48.6 Å². The summed E-state index contributed by atoms with van der Waals surface area (Å²) in [6, 6.07) is 8.15. The van der Waals surface area contributed by atoms with Gasteiger partial charge in [0.25, 0.3) is 0 Å². The lowest BCUT2D eigenvalue weighted by molar-refractivity contribution is -0.119. The van der Waals surface area contributed by atoms with Gasteiger partial charge in [0.1, 0.15) is 6.61 Å². The Balaban J connectivity index is 1.42. The van der Waals surface area contributed by atoms with Gasteiger partial charge in [-0.05, 0) is 31.9 Å². The third kappa shape index (κ3) is 4.60. The highest BCUT2D eigenvalue weighted by Gasteiger charge is 2.26. The predicted molar refractivity (Wildman–Crippen MR) is 113 cm³/mol. The number of H-pyrrole nitrogens is 1. The number of anilines is 1. The molecule has 8 heteroatoms. The van der Waals surface area contributed by atoms with Crippen molar-refractivity contribution in [2.24, 2.45) is 0 Å². The number of carbonyl (C=O) groups is 1. The molecule has 8 nitrogen and oxygen atoms in total. The standard InChI is InChI=1S/C22H27N5O3/c1-15-6-3-4-8-17(15)19-11-23-21(30-19)13-27-9-5-7-16(12-27)22-18(10-24-26-22)25-20(28)14-29-2/h3-4,6,8,10-11,16H,5,7,9,12-14H2,1-2H3,(H,24,26)(H,25,28)/t16-/m1/s1.